The van der Waals surface area contributed by atoms with Crippen LogP contribution in [0.3, 0.4) is 0 Å². The molecule has 3 aromatic rings. The number of benzene rings is 3. The molecule has 25 heavy (non-hydrogen) atoms. The topological polar surface area (TPSA) is 24.1 Å². The fourth-order valence-corrected chi connectivity index (χ4v) is 2.83. The van der Waals surface area contributed by atoms with Crippen molar-refractivity contribution < 1.29 is 4.39 Å². The third-order valence-electron chi connectivity index (χ3n) is 3.92. The first kappa shape index (κ1) is 17.1. The minimum Gasteiger partial charge on any atom is -0.352 e. The number of hydrogen-bond acceptors (Lipinski definition) is 1. The molecule has 3 rings (SSSR count). The SMILES string of the molecule is Cc1ccc(C(NC(=S)Nc2ccc(F)cc2)c2ccccc2)cc1. The third kappa shape index (κ3) is 4.64. The van der Waals surface area contributed by atoms with Gasteiger partial charge in [-0.2, -0.15) is 0 Å². The van der Waals surface area contributed by atoms with E-state index in [9.17, 15) is 4.39 Å². The molecule has 0 aromatic heterocycles. The summed E-state index contributed by atoms with van der Waals surface area (Å²) in [6.45, 7) is 2.06. The lowest BCUT2D eigenvalue weighted by Crippen LogP contribution is -2.33. The van der Waals surface area contributed by atoms with Gasteiger partial charge in [0.1, 0.15) is 5.82 Å². The fraction of sp³-hybridized carbons (Fsp3) is 0.0952. The highest BCUT2D eigenvalue weighted by Crippen LogP contribution is 2.22. The van der Waals surface area contributed by atoms with Crippen LogP contribution in [0.1, 0.15) is 22.7 Å². The van der Waals surface area contributed by atoms with E-state index in [1.165, 1.54) is 17.7 Å². The Balaban J connectivity index is 1.81. The van der Waals surface area contributed by atoms with E-state index in [0.29, 0.717) is 5.11 Å². The van der Waals surface area contributed by atoms with Crippen LogP contribution in [0.5, 0.6) is 0 Å². The van der Waals surface area contributed by atoms with E-state index in [1.807, 2.05) is 18.2 Å². The summed E-state index contributed by atoms with van der Waals surface area (Å²) in [6, 6.07) is 24.6. The number of anilines is 1. The molecule has 126 valence electrons. The van der Waals surface area contributed by atoms with E-state index in [2.05, 4.69) is 54.0 Å². The van der Waals surface area contributed by atoms with E-state index in [0.717, 1.165) is 16.8 Å². The number of rotatable bonds is 4. The van der Waals surface area contributed by atoms with E-state index in [4.69, 9.17) is 12.2 Å². The third-order valence-corrected chi connectivity index (χ3v) is 4.14. The lowest BCUT2D eigenvalue weighted by molar-refractivity contribution is 0.628. The van der Waals surface area contributed by atoms with Gasteiger partial charge in [-0.3, -0.25) is 0 Å². The van der Waals surface area contributed by atoms with Gasteiger partial charge in [-0.05, 0) is 54.5 Å². The molecule has 4 heteroatoms. The first-order valence-corrected chi connectivity index (χ1v) is 8.47. The zero-order valence-electron chi connectivity index (χ0n) is 13.9. The van der Waals surface area contributed by atoms with Crippen molar-refractivity contribution in [2.24, 2.45) is 0 Å². The number of thiocarbonyl (C=S) groups is 1. The molecular formula is C21H19FN2S. The molecule has 2 N–H and O–H groups in total. The van der Waals surface area contributed by atoms with Crippen LogP contribution >= 0.6 is 12.2 Å². The van der Waals surface area contributed by atoms with E-state index in [1.54, 1.807) is 12.1 Å². The van der Waals surface area contributed by atoms with Crippen LogP contribution < -0.4 is 10.6 Å². The second-order valence-corrected chi connectivity index (χ2v) is 6.27. The molecule has 0 amide bonds. The molecule has 2 nitrogen and oxygen atoms in total. The van der Waals surface area contributed by atoms with Crippen molar-refractivity contribution in [1.29, 1.82) is 0 Å². The first-order valence-electron chi connectivity index (χ1n) is 8.06. The molecule has 0 aliphatic heterocycles. The monoisotopic (exact) mass is 350 g/mol. The average Bonchev–Trinajstić information content (AvgIpc) is 2.63. The highest BCUT2D eigenvalue weighted by atomic mass is 32.1. The predicted octanol–water partition coefficient (Wildman–Crippen LogP) is 5.21. The number of halogens is 1. The molecule has 1 unspecified atom stereocenters. The van der Waals surface area contributed by atoms with Crippen molar-refractivity contribution in [3.05, 3.63) is 101 Å². The fourth-order valence-electron chi connectivity index (χ4n) is 2.60. The van der Waals surface area contributed by atoms with E-state index < -0.39 is 0 Å². The Hall–Kier alpha value is -2.72. The van der Waals surface area contributed by atoms with Gasteiger partial charge in [0.15, 0.2) is 5.11 Å². The summed E-state index contributed by atoms with van der Waals surface area (Å²) < 4.78 is 13.0. The van der Waals surface area contributed by atoms with Crippen LogP contribution in [0.15, 0.2) is 78.9 Å². The summed E-state index contributed by atoms with van der Waals surface area (Å²) in [7, 11) is 0. The largest absolute Gasteiger partial charge is 0.352 e. The lowest BCUT2D eigenvalue weighted by atomic mass is 9.98. The van der Waals surface area contributed by atoms with Gasteiger partial charge in [-0.15, -0.1) is 0 Å². The van der Waals surface area contributed by atoms with Gasteiger partial charge in [0.05, 0.1) is 6.04 Å². The molecule has 0 heterocycles. The Morgan fingerprint density at radius 2 is 1.44 bits per heavy atom. The Morgan fingerprint density at radius 1 is 0.840 bits per heavy atom. The molecule has 0 aliphatic carbocycles. The Kier molecular flexibility index (Phi) is 5.41. The minimum atomic E-state index is -0.272. The Bertz CT molecular complexity index is 830. The quantitative estimate of drug-likeness (QED) is 0.632. The molecule has 0 aliphatic rings. The molecule has 3 aromatic carbocycles. The van der Waals surface area contributed by atoms with Crippen LogP contribution in [0.2, 0.25) is 0 Å². The van der Waals surface area contributed by atoms with E-state index in [-0.39, 0.29) is 11.9 Å². The second-order valence-electron chi connectivity index (χ2n) is 5.86. The molecule has 0 spiro atoms. The highest BCUT2D eigenvalue weighted by Gasteiger charge is 2.15. The predicted molar refractivity (Wildman–Crippen MR) is 105 cm³/mol. The van der Waals surface area contributed by atoms with Gasteiger partial charge < -0.3 is 10.6 Å². The zero-order chi connectivity index (χ0) is 17.6. The molecule has 0 radical (unpaired) electrons. The van der Waals surface area contributed by atoms with Crippen molar-refractivity contribution in [1.82, 2.24) is 5.32 Å². The molecular weight excluding hydrogens is 331 g/mol. The maximum atomic E-state index is 13.0. The van der Waals surface area contributed by atoms with Gasteiger partial charge in [-0.1, -0.05) is 60.2 Å². The lowest BCUT2D eigenvalue weighted by Gasteiger charge is -2.22. The number of hydrogen-bond donors (Lipinski definition) is 2. The number of aryl methyl sites for hydroxylation is 1. The van der Waals surface area contributed by atoms with Crippen molar-refractivity contribution in [3.8, 4) is 0 Å². The highest BCUT2D eigenvalue weighted by molar-refractivity contribution is 7.80. The van der Waals surface area contributed by atoms with Crippen molar-refractivity contribution in [2.75, 3.05) is 5.32 Å². The van der Waals surface area contributed by atoms with Crippen LogP contribution in [0, 0.1) is 12.7 Å². The van der Waals surface area contributed by atoms with Crippen LogP contribution in [0.4, 0.5) is 10.1 Å². The minimum absolute atomic E-state index is 0.0674. The molecule has 0 saturated carbocycles. The first-order chi connectivity index (χ1) is 12.1. The van der Waals surface area contributed by atoms with Gasteiger partial charge in [0, 0.05) is 5.69 Å². The van der Waals surface area contributed by atoms with Crippen molar-refractivity contribution >= 4 is 23.0 Å². The second kappa shape index (κ2) is 7.90. The summed E-state index contributed by atoms with van der Waals surface area (Å²) >= 11 is 5.45. The summed E-state index contributed by atoms with van der Waals surface area (Å²) in [5, 5.41) is 6.95. The van der Waals surface area contributed by atoms with Gasteiger partial charge >= 0.3 is 0 Å². The zero-order valence-corrected chi connectivity index (χ0v) is 14.7. The smallest absolute Gasteiger partial charge is 0.171 e. The van der Waals surface area contributed by atoms with Gasteiger partial charge in [0.25, 0.3) is 0 Å². The summed E-state index contributed by atoms with van der Waals surface area (Å²) in [6.07, 6.45) is 0. The molecule has 0 fully saturated rings. The van der Waals surface area contributed by atoms with Crippen LogP contribution in [0.25, 0.3) is 0 Å². The van der Waals surface area contributed by atoms with Crippen LogP contribution in [-0.4, -0.2) is 5.11 Å². The van der Waals surface area contributed by atoms with Gasteiger partial charge in [0.2, 0.25) is 0 Å². The van der Waals surface area contributed by atoms with Gasteiger partial charge in [-0.25, -0.2) is 4.39 Å². The Morgan fingerprint density at radius 3 is 2.08 bits per heavy atom. The summed E-state index contributed by atoms with van der Waals surface area (Å²) in [4.78, 5) is 0. The maximum Gasteiger partial charge on any atom is 0.171 e. The molecule has 0 bridgehead atoms. The average molecular weight is 350 g/mol. The summed E-state index contributed by atoms with van der Waals surface area (Å²) in [5.41, 5.74) is 4.20. The van der Waals surface area contributed by atoms with E-state index >= 15 is 0 Å². The number of nitrogens with one attached hydrogen (secondary N) is 2. The van der Waals surface area contributed by atoms with Crippen molar-refractivity contribution in [3.63, 3.8) is 0 Å². The van der Waals surface area contributed by atoms with Crippen molar-refractivity contribution in [2.45, 2.75) is 13.0 Å². The maximum absolute atomic E-state index is 13.0. The standard InChI is InChI=1S/C21H19FN2S/c1-15-7-9-17(10-8-15)20(16-5-3-2-4-6-16)24-21(25)23-19-13-11-18(22)12-14-19/h2-14,20H,1H3,(H2,23,24,25). The van der Waals surface area contributed by atoms with Crippen LogP contribution in [-0.2, 0) is 0 Å². The Labute approximate surface area is 152 Å². The molecule has 1 atom stereocenters. The molecule has 0 saturated heterocycles. The summed E-state index contributed by atoms with van der Waals surface area (Å²) in [5.74, 6) is -0.272. The normalized spacial score (nSPS) is 11.6.